The molecule has 0 N–H and O–H groups in total. The monoisotopic (exact) mass is 347 g/mol. The van der Waals surface area contributed by atoms with Crippen molar-refractivity contribution in [2.24, 2.45) is 0 Å². The Balaban J connectivity index is 0.000000361. The second-order valence-electron chi connectivity index (χ2n) is 4.54. The van der Waals surface area contributed by atoms with Crippen LogP contribution in [-0.4, -0.2) is 13.0 Å². The molecule has 0 spiro atoms. The smallest absolute Gasteiger partial charge is 0.124 e. The first-order valence-electron chi connectivity index (χ1n) is 7.04. The van der Waals surface area contributed by atoms with Crippen molar-refractivity contribution >= 4 is 10.1 Å². The van der Waals surface area contributed by atoms with E-state index in [0.717, 1.165) is 5.32 Å². The van der Waals surface area contributed by atoms with E-state index in [-0.39, 0.29) is 4.90 Å². The molecule has 0 aliphatic rings. The summed E-state index contributed by atoms with van der Waals surface area (Å²) in [6, 6.07) is 7.19. The first-order valence-corrected chi connectivity index (χ1v) is 9.11. The van der Waals surface area contributed by atoms with Gasteiger partial charge < -0.3 is 4.55 Å². The van der Waals surface area contributed by atoms with Crippen LogP contribution in [-0.2, 0) is 26.1 Å². The molecule has 0 saturated carbocycles. The third-order valence-corrected chi connectivity index (χ3v) is 3.92. The van der Waals surface area contributed by atoms with Gasteiger partial charge in [0.15, 0.2) is 0 Å². The van der Waals surface area contributed by atoms with Crippen LogP contribution in [0.3, 0.4) is 0 Å². The molecule has 0 aromatic heterocycles. The minimum atomic E-state index is -4.25. The number of unbranched alkanes of at least 4 members (excludes halogenated alkanes) is 6. The van der Waals surface area contributed by atoms with Gasteiger partial charge in [-0.1, -0.05) is 18.2 Å². The summed E-state index contributed by atoms with van der Waals surface area (Å²) >= 11 is 4.98. The summed E-state index contributed by atoms with van der Waals surface area (Å²) in [7, 11) is -4.25. The van der Waals surface area contributed by atoms with Crippen molar-refractivity contribution in [3.63, 3.8) is 0 Å². The summed E-state index contributed by atoms with van der Waals surface area (Å²) in [6.07, 6.45) is 9.58. The van der Waals surface area contributed by atoms with Crippen molar-refractivity contribution in [2.45, 2.75) is 62.1 Å². The van der Waals surface area contributed by atoms with Crippen LogP contribution >= 0.6 is 0 Å². The van der Waals surface area contributed by atoms with Gasteiger partial charge in [-0.25, -0.2) is 8.42 Å². The SMILES string of the molecule is CCCCCCCC[CH2][Cu+].O=S(=O)([O-])c1ccccc1. The van der Waals surface area contributed by atoms with Crippen molar-refractivity contribution < 1.29 is 29.0 Å². The quantitative estimate of drug-likeness (QED) is 0.400. The standard InChI is InChI=1S/C9H19.C6H6O3S.Cu/c1-3-5-7-9-8-6-4-2;7-10(8,9)6-4-2-1-3-5-6;/h1,3-9H2,2H3;1-5H,(H,7,8,9);/q;;+1/p-1. The van der Waals surface area contributed by atoms with Gasteiger partial charge in [-0.2, -0.15) is 0 Å². The first kappa shape index (κ1) is 19.6. The fourth-order valence-corrected chi connectivity index (χ4v) is 2.35. The van der Waals surface area contributed by atoms with Crippen molar-refractivity contribution in [3.05, 3.63) is 30.3 Å². The molecule has 0 saturated heterocycles. The first-order chi connectivity index (χ1) is 9.52. The summed E-state index contributed by atoms with van der Waals surface area (Å²) in [5, 5.41) is 0.931. The molecule has 0 bridgehead atoms. The van der Waals surface area contributed by atoms with Gasteiger partial charge in [-0.15, -0.1) is 0 Å². The summed E-state index contributed by atoms with van der Waals surface area (Å²) < 4.78 is 30.8. The van der Waals surface area contributed by atoms with E-state index in [2.05, 4.69) is 6.92 Å². The van der Waals surface area contributed by atoms with E-state index in [9.17, 15) is 13.0 Å². The number of hydrogen-bond donors (Lipinski definition) is 0. The third kappa shape index (κ3) is 11.5. The van der Waals surface area contributed by atoms with Gasteiger partial charge in [0.25, 0.3) is 0 Å². The molecule has 0 fully saturated rings. The van der Waals surface area contributed by atoms with Gasteiger partial charge in [0.05, 0.1) is 4.90 Å². The molecule has 0 unspecified atom stereocenters. The molecule has 0 atom stereocenters. The summed E-state index contributed by atoms with van der Waals surface area (Å²) in [4.78, 5) is -0.185. The second kappa shape index (κ2) is 12.4. The fourth-order valence-electron chi connectivity index (χ4n) is 1.62. The predicted octanol–water partition coefficient (Wildman–Crippen LogP) is 4.29. The van der Waals surface area contributed by atoms with E-state index < -0.39 is 10.1 Å². The zero-order chi connectivity index (χ0) is 15.3. The van der Waals surface area contributed by atoms with Crippen LogP contribution < -0.4 is 0 Å². The topological polar surface area (TPSA) is 57.2 Å². The third-order valence-electron chi connectivity index (χ3n) is 2.74. The van der Waals surface area contributed by atoms with Crippen LogP contribution in [0.4, 0.5) is 0 Å². The van der Waals surface area contributed by atoms with E-state index >= 15 is 0 Å². The molecule has 1 aromatic carbocycles. The van der Waals surface area contributed by atoms with E-state index in [1.807, 2.05) is 0 Å². The zero-order valence-electron chi connectivity index (χ0n) is 12.0. The van der Waals surface area contributed by atoms with Crippen molar-refractivity contribution in [1.82, 2.24) is 0 Å². The average molecular weight is 348 g/mol. The van der Waals surface area contributed by atoms with E-state index in [4.69, 9.17) is 16.0 Å². The van der Waals surface area contributed by atoms with Gasteiger partial charge in [0.1, 0.15) is 10.1 Å². The Morgan fingerprint density at radius 2 is 1.45 bits per heavy atom. The minimum Gasteiger partial charge on any atom is -0.744 e. The Morgan fingerprint density at radius 3 is 1.85 bits per heavy atom. The molecule has 0 aliphatic carbocycles. The normalized spacial score (nSPS) is 10.8. The Morgan fingerprint density at radius 1 is 0.950 bits per heavy atom. The van der Waals surface area contributed by atoms with E-state index in [1.165, 1.54) is 69.2 Å². The predicted molar refractivity (Wildman–Crippen MR) is 77.2 cm³/mol. The van der Waals surface area contributed by atoms with Crippen molar-refractivity contribution in [1.29, 1.82) is 0 Å². The van der Waals surface area contributed by atoms with Crippen molar-refractivity contribution in [3.8, 4) is 0 Å². The Kier molecular flexibility index (Phi) is 12.2. The average Bonchev–Trinajstić information content (AvgIpc) is 2.44. The molecule has 0 heterocycles. The molecule has 0 radical (unpaired) electrons. The summed E-state index contributed by atoms with van der Waals surface area (Å²) in [6.45, 7) is 2.25. The summed E-state index contributed by atoms with van der Waals surface area (Å²) in [5.41, 5.74) is 0. The Bertz CT molecular complexity index is 410. The largest absolute Gasteiger partial charge is 0.744 e. The van der Waals surface area contributed by atoms with Gasteiger partial charge in [0.2, 0.25) is 0 Å². The number of rotatable bonds is 8. The molecule has 119 valence electrons. The molecule has 0 amide bonds. The van der Waals surface area contributed by atoms with Crippen LogP contribution in [0.2, 0.25) is 5.32 Å². The zero-order valence-corrected chi connectivity index (χ0v) is 13.7. The van der Waals surface area contributed by atoms with Crippen molar-refractivity contribution in [2.75, 3.05) is 0 Å². The molecule has 20 heavy (non-hydrogen) atoms. The number of benzene rings is 1. The van der Waals surface area contributed by atoms with Crippen LogP contribution in [0.1, 0.15) is 51.9 Å². The van der Waals surface area contributed by atoms with Crippen LogP contribution in [0.25, 0.3) is 0 Å². The maximum Gasteiger partial charge on any atom is 0.124 e. The van der Waals surface area contributed by atoms with Gasteiger partial charge in [-0.05, 0) is 12.1 Å². The van der Waals surface area contributed by atoms with E-state index in [1.54, 1.807) is 6.07 Å². The maximum absolute atomic E-state index is 10.3. The molecular weight excluding hydrogens is 324 g/mol. The van der Waals surface area contributed by atoms with Crippen LogP contribution in [0, 0.1) is 0 Å². The molecule has 1 aromatic rings. The molecule has 5 heteroatoms. The van der Waals surface area contributed by atoms with E-state index in [0.29, 0.717) is 0 Å². The van der Waals surface area contributed by atoms with Gasteiger partial charge >= 0.3 is 73.2 Å². The molecular formula is C15H24CuO3S. The maximum atomic E-state index is 10.3. The molecule has 1 rings (SSSR count). The number of hydrogen-bond acceptors (Lipinski definition) is 3. The second-order valence-corrected chi connectivity index (χ2v) is 6.39. The molecule has 0 aliphatic heterocycles. The van der Waals surface area contributed by atoms with Crippen LogP contribution in [0.15, 0.2) is 35.2 Å². The van der Waals surface area contributed by atoms with Gasteiger partial charge in [0, 0.05) is 0 Å². The van der Waals surface area contributed by atoms with Gasteiger partial charge in [-0.3, -0.25) is 0 Å². The Labute approximate surface area is 131 Å². The minimum absolute atomic E-state index is 0.185. The molecule has 3 nitrogen and oxygen atoms in total. The Hall–Kier alpha value is -0.351. The fraction of sp³-hybridized carbons (Fsp3) is 0.600. The summed E-state index contributed by atoms with van der Waals surface area (Å²) in [5.74, 6) is 0. The van der Waals surface area contributed by atoms with Crippen LogP contribution in [0.5, 0.6) is 0 Å².